The number of carbonyl (C=O) groups excluding carboxylic acids is 1. The molecular formula is C18H20N4O5. The molecule has 3 N–H and O–H groups in total. The second-order valence-corrected chi connectivity index (χ2v) is 6.01. The number of aromatic nitrogens is 3. The Bertz CT molecular complexity index is 1020. The molecule has 0 aliphatic carbocycles. The lowest BCUT2D eigenvalue weighted by Gasteiger charge is -2.09. The molecule has 9 heteroatoms. The maximum Gasteiger partial charge on any atom is 0.294 e. The van der Waals surface area contributed by atoms with Crippen molar-refractivity contribution in [3.05, 3.63) is 52.7 Å². The minimum Gasteiger partial charge on any atom is -0.497 e. The molecule has 0 bridgehead atoms. The standard InChI is InChI=1S/C18H20N4O5/c1-21-15(11-3-5-13(27-2)6-4-11)9-22-8-14(20-16(22)18(21)26)17(25)19-7-12(24)10-23/h3-6,8-9,12,23-24H,7,10H2,1-2H3,(H,19,25). The lowest BCUT2D eigenvalue weighted by Crippen LogP contribution is -2.34. The van der Waals surface area contributed by atoms with Gasteiger partial charge in [-0.2, -0.15) is 0 Å². The fourth-order valence-electron chi connectivity index (χ4n) is 2.63. The number of nitrogens with zero attached hydrogens (tertiary/aromatic N) is 3. The zero-order valence-corrected chi connectivity index (χ0v) is 14.9. The van der Waals surface area contributed by atoms with E-state index in [0.29, 0.717) is 11.4 Å². The van der Waals surface area contributed by atoms with Crippen LogP contribution in [-0.4, -0.2) is 56.4 Å². The number of rotatable bonds is 6. The summed E-state index contributed by atoms with van der Waals surface area (Å²) in [6.07, 6.45) is 2.11. The number of amides is 1. The number of nitrogens with one attached hydrogen (secondary N) is 1. The third-order valence-electron chi connectivity index (χ3n) is 4.18. The van der Waals surface area contributed by atoms with E-state index in [1.165, 1.54) is 15.2 Å². The highest BCUT2D eigenvalue weighted by molar-refractivity contribution is 5.92. The number of carbonyl (C=O) groups is 1. The number of fused-ring (bicyclic) bond motifs is 1. The summed E-state index contributed by atoms with van der Waals surface area (Å²) in [5.74, 6) is 0.163. The van der Waals surface area contributed by atoms with E-state index in [9.17, 15) is 14.7 Å². The second-order valence-electron chi connectivity index (χ2n) is 6.01. The van der Waals surface area contributed by atoms with Crippen molar-refractivity contribution in [1.29, 1.82) is 0 Å². The summed E-state index contributed by atoms with van der Waals surface area (Å²) in [7, 11) is 3.21. The minimum absolute atomic E-state index is 0.0455. The summed E-state index contributed by atoms with van der Waals surface area (Å²) in [4.78, 5) is 28.9. The second kappa shape index (κ2) is 7.60. The summed E-state index contributed by atoms with van der Waals surface area (Å²) in [6.45, 7) is -0.574. The summed E-state index contributed by atoms with van der Waals surface area (Å²) in [6, 6.07) is 7.26. The summed E-state index contributed by atoms with van der Waals surface area (Å²) >= 11 is 0. The van der Waals surface area contributed by atoms with Crippen LogP contribution >= 0.6 is 0 Å². The van der Waals surface area contributed by atoms with E-state index in [1.807, 2.05) is 12.1 Å². The molecule has 142 valence electrons. The SMILES string of the molecule is COc1ccc(-c2cn3cc(C(=O)NCC(O)CO)nc3c(=O)n2C)cc1. The van der Waals surface area contributed by atoms with Gasteiger partial charge in [-0.1, -0.05) is 0 Å². The first kappa shape index (κ1) is 18.6. The average molecular weight is 372 g/mol. The molecule has 3 rings (SSSR count). The van der Waals surface area contributed by atoms with Gasteiger partial charge < -0.3 is 24.8 Å². The highest BCUT2D eigenvalue weighted by Crippen LogP contribution is 2.21. The summed E-state index contributed by atoms with van der Waals surface area (Å²) in [5.41, 5.74) is 1.27. The fraction of sp³-hybridized carbons (Fsp3) is 0.278. The number of hydrogen-bond acceptors (Lipinski definition) is 6. The monoisotopic (exact) mass is 372 g/mol. The molecule has 2 aromatic heterocycles. The largest absolute Gasteiger partial charge is 0.497 e. The Morgan fingerprint density at radius 1 is 1.30 bits per heavy atom. The lowest BCUT2D eigenvalue weighted by atomic mass is 10.1. The van der Waals surface area contributed by atoms with E-state index in [1.54, 1.807) is 32.5 Å². The first-order valence-corrected chi connectivity index (χ1v) is 8.25. The average Bonchev–Trinajstić information content (AvgIpc) is 3.13. The van der Waals surface area contributed by atoms with Crippen LogP contribution in [0, 0.1) is 0 Å². The molecule has 3 aromatic rings. The predicted octanol–water partition coefficient (Wildman–Crippen LogP) is -0.208. The van der Waals surface area contributed by atoms with Gasteiger partial charge in [0.1, 0.15) is 11.4 Å². The van der Waals surface area contributed by atoms with Gasteiger partial charge in [-0.25, -0.2) is 4.98 Å². The number of aliphatic hydroxyl groups excluding tert-OH is 2. The summed E-state index contributed by atoms with van der Waals surface area (Å²) < 4.78 is 8.10. The first-order valence-electron chi connectivity index (χ1n) is 8.25. The molecule has 1 atom stereocenters. The Morgan fingerprint density at radius 2 is 2.00 bits per heavy atom. The summed E-state index contributed by atoms with van der Waals surface area (Å²) in [5, 5.41) is 20.6. The van der Waals surface area contributed by atoms with E-state index < -0.39 is 18.6 Å². The van der Waals surface area contributed by atoms with E-state index in [2.05, 4.69) is 10.3 Å². The lowest BCUT2D eigenvalue weighted by molar-refractivity contribution is 0.0799. The van der Waals surface area contributed by atoms with Crippen LogP contribution in [0.1, 0.15) is 10.5 Å². The molecule has 9 nitrogen and oxygen atoms in total. The molecule has 0 aliphatic heterocycles. The van der Waals surface area contributed by atoms with Crippen LogP contribution in [0.5, 0.6) is 5.75 Å². The van der Waals surface area contributed by atoms with Crippen LogP contribution in [0.15, 0.2) is 41.5 Å². The topological polar surface area (TPSA) is 118 Å². The minimum atomic E-state index is -1.06. The van der Waals surface area contributed by atoms with E-state index in [0.717, 1.165) is 5.56 Å². The van der Waals surface area contributed by atoms with Crippen molar-refractivity contribution in [3.8, 4) is 17.0 Å². The van der Waals surface area contributed by atoms with Crippen molar-refractivity contribution in [2.45, 2.75) is 6.10 Å². The Labute approximate surface area is 154 Å². The number of imidazole rings is 1. The van der Waals surface area contributed by atoms with E-state index >= 15 is 0 Å². The van der Waals surface area contributed by atoms with Crippen LogP contribution in [0.25, 0.3) is 16.9 Å². The molecule has 2 heterocycles. The molecule has 0 saturated heterocycles. The van der Waals surface area contributed by atoms with Gasteiger partial charge in [0.2, 0.25) is 5.65 Å². The maximum absolute atomic E-state index is 12.6. The Kier molecular flexibility index (Phi) is 5.24. The third kappa shape index (κ3) is 3.69. The van der Waals surface area contributed by atoms with Crippen LogP contribution in [0.2, 0.25) is 0 Å². The number of methoxy groups -OCH3 is 1. The Morgan fingerprint density at radius 3 is 2.63 bits per heavy atom. The third-order valence-corrected chi connectivity index (χ3v) is 4.18. The zero-order chi connectivity index (χ0) is 19.6. The van der Waals surface area contributed by atoms with Crippen molar-refractivity contribution in [2.75, 3.05) is 20.3 Å². The molecular weight excluding hydrogens is 352 g/mol. The molecule has 0 fully saturated rings. The van der Waals surface area contributed by atoms with Crippen LogP contribution < -0.4 is 15.6 Å². The molecule has 0 radical (unpaired) electrons. The number of benzene rings is 1. The van der Waals surface area contributed by atoms with Gasteiger partial charge in [0.15, 0.2) is 0 Å². The maximum atomic E-state index is 12.6. The first-order chi connectivity index (χ1) is 12.9. The van der Waals surface area contributed by atoms with Crippen LogP contribution in [0.3, 0.4) is 0 Å². The van der Waals surface area contributed by atoms with Gasteiger partial charge in [-0.3, -0.25) is 14.0 Å². The molecule has 27 heavy (non-hydrogen) atoms. The van der Waals surface area contributed by atoms with E-state index in [-0.39, 0.29) is 23.4 Å². The highest BCUT2D eigenvalue weighted by Gasteiger charge is 2.16. The van der Waals surface area contributed by atoms with E-state index in [4.69, 9.17) is 9.84 Å². The number of aliphatic hydroxyl groups is 2. The fourth-order valence-corrected chi connectivity index (χ4v) is 2.63. The highest BCUT2D eigenvalue weighted by atomic mass is 16.5. The van der Waals surface area contributed by atoms with Gasteiger partial charge in [0, 0.05) is 31.5 Å². The zero-order valence-electron chi connectivity index (χ0n) is 14.9. The number of ether oxygens (including phenoxy) is 1. The van der Waals surface area contributed by atoms with Crippen molar-refractivity contribution < 1.29 is 19.7 Å². The molecule has 1 unspecified atom stereocenters. The van der Waals surface area contributed by atoms with Crippen molar-refractivity contribution in [3.63, 3.8) is 0 Å². The van der Waals surface area contributed by atoms with Crippen molar-refractivity contribution in [2.24, 2.45) is 7.05 Å². The molecule has 0 saturated carbocycles. The number of hydrogen-bond donors (Lipinski definition) is 3. The van der Waals surface area contributed by atoms with Gasteiger partial charge in [0.25, 0.3) is 11.5 Å². The Hall–Kier alpha value is -3.17. The van der Waals surface area contributed by atoms with Crippen LogP contribution in [0.4, 0.5) is 0 Å². The van der Waals surface area contributed by atoms with Gasteiger partial charge in [0.05, 0.1) is 25.5 Å². The quantitative estimate of drug-likeness (QED) is 0.551. The van der Waals surface area contributed by atoms with Gasteiger partial charge in [-0.15, -0.1) is 0 Å². The van der Waals surface area contributed by atoms with Gasteiger partial charge in [-0.05, 0) is 24.3 Å². The predicted molar refractivity (Wildman–Crippen MR) is 97.8 cm³/mol. The van der Waals surface area contributed by atoms with Crippen molar-refractivity contribution in [1.82, 2.24) is 19.3 Å². The van der Waals surface area contributed by atoms with Crippen molar-refractivity contribution >= 4 is 11.6 Å². The molecule has 1 aromatic carbocycles. The molecule has 0 spiro atoms. The smallest absolute Gasteiger partial charge is 0.294 e. The molecule has 0 aliphatic rings. The Balaban J connectivity index is 1.98. The van der Waals surface area contributed by atoms with Gasteiger partial charge >= 0.3 is 0 Å². The normalized spacial score (nSPS) is 12.1. The van der Waals surface area contributed by atoms with Crippen LogP contribution in [-0.2, 0) is 7.05 Å². The molecule has 1 amide bonds.